The second-order valence-electron chi connectivity index (χ2n) is 7.71. The van der Waals surface area contributed by atoms with Crippen molar-refractivity contribution in [1.82, 2.24) is 4.31 Å². The third-order valence-electron chi connectivity index (χ3n) is 5.21. The van der Waals surface area contributed by atoms with Crippen molar-refractivity contribution in [3.63, 3.8) is 0 Å². The highest BCUT2D eigenvalue weighted by Crippen LogP contribution is 2.31. The molecule has 32 heavy (non-hydrogen) atoms. The van der Waals surface area contributed by atoms with Gasteiger partial charge in [-0.15, -0.1) is 0 Å². The maximum atomic E-state index is 13.2. The van der Waals surface area contributed by atoms with Crippen LogP contribution in [-0.2, 0) is 14.8 Å². The quantitative estimate of drug-likeness (QED) is 0.658. The Morgan fingerprint density at radius 3 is 2.31 bits per heavy atom. The number of hydrogen-bond acceptors (Lipinski definition) is 6. The Morgan fingerprint density at radius 1 is 1.03 bits per heavy atom. The van der Waals surface area contributed by atoms with Crippen LogP contribution in [0.25, 0.3) is 0 Å². The van der Waals surface area contributed by atoms with Gasteiger partial charge in [0.25, 0.3) is 5.91 Å². The number of nitrogens with one attached hydrogen (secondary N) is 2. The number of nitrogens with zero attached hydrogens (tertiary/aromatic N) is 2. The summed E-state index contributed by atoms with van der Waals surface area (Å²) < 4.78 is 31.7. The first kappa shape index (κ1) is 23.6. The Kier molecular flexibility index (Phi) is 7.05. The van der Waals surface area contributed by atoms with E-state index in [0.29, 0.717) is 22.8 Å². The monoisotopic (exact) mass is 460 g/mol. The summed E-state index contributed by atoms with van der Waals surface area (Å²) in [7, 11) is 0.668. The van der Waals surface area contributed by atoms with Crippen molar-refractivity contribution in [2.24, 2.45) is 0 Å². The topological polar surface area (TPSA) is 108 Å². The Hall–Kier alpha value is -3.11. The maximum absolute atomic E-state index is 13.2. The third-order valence-corrected chi connectivity index (χ3v) is 7.02. The molecule has 0 spiro atoms. The van der Waals surface area contributed by atoms with Crippen LogP contribution in [0.2, 0.25) is 0 Å². The van der Waals surface area contributed by atoms with Crippen molar-refractivity contribution in [2.45, 2.75) is 24.7 Å². The molecule has 1 aliphatic heterocycles. The second-order valence-corrected chi connectivity index (χ2v) is 9.86. The summed E-state index contributed by atoms with van der Waals surface area (Å²) in [5.41, 5.74) is 1.91. The highest BCUT2D eigenvalue weighted by Gasteiger charge is 2.25. The molecule has 1 heterocycles. The molecule has 0 aromatic heterocycles. The maximum Gasteiger partial charge on any atom is 0.257 e. The lowest BCUT2D eigenvalue weighted by Gasteiger charge is -2.22. The van der Waals surface area contributed by atoms with E-state index in [9.17, 15) is 18.0 Å². The molecule has 1 aliphatic rings. The number of ether oxygens (including phenoxy) is 1. The Morgan fingerprint density at radius 2 is 1.72 bits per heavy atom. The van der Waals surface area contributed by atoms with Gasteiger partial charge in [0.15, 0.2) is 0 Å². The van der Waals surface area contributed by atoms with E-state index in [1.54, 1.807) is 24.3 Å². The highest BCUT2D eigenvalue weighted by atomic mass is 32.2. The first-order valence-corrected chi connectivity index (χ1v) is 11.7. The average Bonchev–Trinajstić information content (AvgIpc) is 3.28. The van der Waals surface area contributed by atoms with Gasteiger partial charge in [-0.25, -0.2) is 12.7 Å². The fourth-order valence-corrected chi connectivity index (χ4v) is 4.49. The first-order valence-electron chi connectivity index (χ1n) is 10.2. The number of benzene rings is 2. The van der Waals surface area contributed by atoms with Gasteiger partial charge in [0.1, 0.15) is 5.75 Å². The third kappa shape index (κ3) is 5.03. The van der Waals surface area contributed by atoms with E-state index in [4.69, 9.17) is 4.74 Å². The van der Waals surface area contributed by atoms with Crippen LogP contribution in [0.4, 0.5) is 17.1 Å². The van der Waals surface area contributed by atoms with Gasteiger partial charge < -0.3 is 20.3 Å². The molecule has 1 fully saturated rings. The molecule has 0 radical (unpaired) electrons. The average molecular weight is 461 g/mol. The van der Waals surface area contributed by atoms with E-state index in [1.165, 1.54) is 40.3 Å². The molecule has 2 amide bonds. The molecular formula is C22H28N4O5S. The summed E-state index contributed by atoms with van der Waals surface area (Å²) in [5, 5.41) is 5.48. The van der Waals surface area contributed by atoms with Crippen LogP contribution in [0.15, 0.2) is 41.3 Å². The zero-order chi connectivity index (χ0) is 23.5. The van der Waals surface area contributed by atoms with Crippen LogP contribution >= 0.6 is 0 Å². The summed E-state index contributed by atoms with van der Waals surface area (Å²) in [6, 6.07) is 9.51. The predicted molar refractivity (Wildman–Crippen MR) is 124 cm³/mol. The Balaban J connectivity index is 1.97. The summed E-state index contributed by atoms with van der Waals surface area (Å²) in [6.45, 7) is 3.00. The summed E-state index contributed by atoms with van der Waals surface area (Å²) >= 11 is 0. The van der Waals surface area contributed by atoms with E-state index >= 15 is 0 Å². The van der Waals surface area contributed by atoms with Gasteiger partial charge in [-0.2, -0.15) is 0 Å². The van der Waals surface area contributed by atoms with Crippen LogP contribution in [0, 0.1) is 0 Å². The number of amides is 2. The number of carbonyl (C=O) groups excluding carboxylic acids is 2. The van der Waals surface area contributed by atoms with E-state index in [0.717, 1.165) is 30.2 Å². The lowest BCUT2D eigenvalue weighted by molar-refractivity contribution is -0.114. The lowest BCUT2D eigenvalue weighted by atomic mass is 10.1. The zero-order valence-electron chi connectivity index (χ0n) is 18.6. The number of rotatable bonds is 7. The van der Waals surface area contributed by atoms with Crippen LogP contribution in [-0.4, -0.2) is 58.8 Å². The van der Waals surface area contributed by atoms with Crippen LogP contribution in [0.3, 0.4) is 0 Å². The van der Waals surface area contributed by atoms with Crippen molar-refractivity contribution in [2.75, 3.05) is 49.8 Å². The molecule has 0 atom stereocenters. The predicted octanol–water partition coefficient (Wildman–Crippen LogP) is 2.76. The van der Waals surface area contributed by atoms with Crippen LogP contribution in [0.1, 0.15) is 30.1 Å². The van der Waals surface area contributed by atoms with Gasteiger partial charge in [0, 0.05) is 51.5 Å². The van der Waals surface area contributed by atoms with Gasteiger partial charge in [-0.3, -0.25) is 9.59 Å². The van der Waals surface area contributed by atoms with E-state index in [1.807, 2.05) is 0 Å². The molecule has 2 aromatic rings. The molecule has 3 rings (SSSR count). The fourth-order valence-electron chi connectivity index (χ4n) is 3.56. The minimum absolute atomic E-state index is 0.0502. The molecule has 2 aromatic carbocycles. The van der Waals surface area contributed by atoms with Gasteiger partial charge in [0.05, 0.1) is 23.3 Å². The molecule has 0 bridgehead atoms. The molecule has 9 nitrogen and oxygen atoms in total. The molecule has 10 heteroatoms. The summed E-state index contributed by atoms with van der Waals surface area (Å²) in [4.78, 5) is 26.7. The van der Waals surface area contributed by atoms with E-state index < -0.39 is 15.9 Å². The normalized spacial score (nSPS) is 13.8. The van der Waals surface area contributed by atoms with Crippen molar-refractivity contribution in [3.8, 4) is 5.75 Å². The zero-order valence-corrected chi connectivity index (χ0v) is 19.5. The molecule has 0 unspecified atom stereocenters. The van der Waals surface area contributed by atoms with Gasteiger partial charge in [-0.05, 0) is 43.2 Å². The minimum Gasteiger partial charge on any atom is -0.494 e. The second kappa shape index (κ2) is 9.58. The number of hydrogen-bond donors (Lipinski definition) is 2. The van der Waals surface area contributed by atoms with Crippen molar-refractivity contribution in [1.29, 1.82) is 0 Å². The molecule has 2 N–H and O–H groups in total. The van der Waals surface area contributed by atoms with Crippen molar-refractivity contribution < 1.29 is 22.7 Å². The summed E-state index contributed by atoms with van der Waals surface area (Å²) in [6.07, 6.45) is 2.03. The molecule has 0 saturated carbocycles. The Bertz CT molecular complexity index is 1130. The molecule has 172 valence electrons. The number of anilines is 3. The first-order chi connectivity index (χ1) is 15.1. The van der Waals surface area contributed by atoms with Crippen molar-refractivity contribution in [3.05, 3.63) is 42.0 Å². The van der Waals surface area contributed by atoms with Crippen molar-refractivity contribution >= 4 is 38.9 Å². The van der Waals surface area contributed by atoms with Gasteiger partial charge in [0.2, 0.25) is 15.9 Å². The van der Waals surface area contributed by atoms with Gasteiger partial charge in [-0.1, -0.05) is 0 Å². The SMILES string of the molecule is COc1cc(NC(=O)c2cc(S(=O)(=O)N(C)C)ccc2N2CCCC2)ccc1NC(C)=O. The molecule has 0 aliphatic carbocycles. The molecule has 1 saturated heterocycles. The Labute approximate surface area is 188 Å². The van der Waals surface area contributed by atoms with Crippen LogP contribution in [0.5, 0.6) is 5.75 Å². The number of carbonyl (C=O) groups is 2. The highest BCUT2D eigenvalue weighted by molar-refractivity contribution is 7.89. The number of sulfonamides is 1. The minimum atomic E-state index is -3.70. The van der Waals surface area contributed by atoms with Crippen LogP contribution < -0.4 is 20.3 Å². The van der Waals surface area contributed by atoms with E-state index in [2.05, 4.69) is 15.5 Å². The largest absolute Gasteiger partial charge is 0.494 e. The standard InChI is InChI=1S/C22H28N4O5S/c1-15(27)23-19-9-7-16(13-21(19)31-4)24-22(28)18-14-17(32(29,30)25(2)3)8-10-20(18)26-11-5-6-12-26/h7-10,13-14H,5-6,11-12H2,1-4H3,(H,23,27)(H,24,28). The number of methoxy groups -OCH3 is 1. The van der Waals surface area contributed by atoms with E-state index in [-0.39, 0.29) is 16.4 Å². The van der Waals surface area contributed by atoms with Gasteiger partial charge >= 0.3 is 0 Å². The summed E-state index contributed by atoms with van der Waals surface area (Å²) in [5.74, 6) is -0.284. The molecular weight excluding hydrogens is 432 g/mol. The fraction of sp³-hybridized carbons (Fsp3) is 0.364. The lowest BCUT2D eigenvalue weighted by Crippen LogP contribution is -2.25. The smallest absolute Gasteiger partial charge is 0.257 e.